The normalized spacial score (nSPS) is 21.8. The molecule has 5 heteroatoms. The Bertz CT molecular complexity index is 553. The highest BCUT2D eigenvalue weighted by atomic mass is 32.2. The number of hydrogen-bond donors (Lipinski definition) is 1. The molecular weight excluding hydrogens is 272 g/mol. The van der Waals surface area contributed by atoms with Crippen molar-refractivity contribution in [3.05, 3.63) is 23.8 Å². The zero-order chi connectivity index (χ0) is 14.7. The number of aliphatic carboxylic acids is 1. The van der Waals surface area contributed by atoms with Gasteiger partial charge in [-0.15, -0.1) is 11.8 Å². The van der Waals surface area contributed by atoms with Crippen LogP contribution in [0.1, 0.15) is 25.8 Å². The van der Waals surface area contributed by atoms with Crippen molar-refractivity contribution in [3.63, 3.8) is 0 Å². The van der Waals surface area contributed by atoms with Crippen LogP contribution < -0.4 is 4.90 Å². The second kappa shape index (κ2) is 6.19. The molecule has 20 heavy (non-hydrogen) atoms. The summed E-state index contributed by atoms with van der Waals surface area (Å²) < 4.78 is 0. The first-order valence-electron chi connectivity index (χ1n) is 6.75. The number of hydrogen-bond acceptors (Lipinski definition) is 4. The molecule has 4 nitrogen and oxygen atoms in total. The highest BCUT2D eigenvalue weighted by Crippen LogP contribution is 2.35. The first-order valence-corrected chi connectivity index (χ1v) is 7.74. The van der Waals surface area contributed by atoms with Gasteiger partial charge in [0.1, 0.15) is 12.1 Å². The molecule has 0 amide bonds. The predicted octanol–water partition coefficient (Wildman–Crippen LogP) is 2.97. The Balaban J connectivity index is 2.45. The number of nitrogens with zero attached hydrogens (tertiary/aromatic N) is 2. The van der Waals surface area contributed by atoms with Gasteiger partial charge in [0.05, 0.1) is 11.3 Å². The van der Waals surface area contributed by atoms with Crippen LogP contribution in [0.3, 0.4) is 0 Å². The standard InChI is InChI=1S/C15H18N2O2S/c1-3-20-13-6-4-5-12(11(13)9-16)17-8-7-10(2)14(17)15(18)19/h4-6,10,14H,3,7-8H2,1-2H3,(H,18,19). The average Bonchev–Trinajstić information content (AvgIpc) is 2.80. The van der Waals surface area contributed by atoms with Gasteiger partial charge in [-0.2, -0.15) is 5.26 Å². The molecule has 0 aromatic heterocycles. The smallest absolute Gasteiger partial charge is 0.326 e. The summed E-state index contributed by atoms with van der Waals surface area (Å²) in [6, 6.07) is 7.38. The highest BCUT2D eigenvalue weighted by molar-refractivity contribution is 7.99. The number of carboxylic acid groups (broad SMARTS) is 1. The summed E-state index contributed by atoms with van der Waals surface area (Å²) in [6.45, 7) is 4.68. The summed E-state index contributed by atoms with van der Waals surface area (Å²) in [5.41, 5.74) is 1.35. The van der Waals surface area contributed by atoms with E-state index in [0.29, 0.717) is 12.1 Å². The predicted molar refractivity (Wildman–Crippen MR) is 80.1 cm³/mol. The Morgan fingerprint density at radius 1 is 1.60 bits per heavy atom. The summed E-state index contributed by atoms with van der Waals surface area (Å²) in [4.78, 5) is 14.3. The van der Waals surface area contributed by atoms with Gasteiger partial charge < -0.3 is 10.0 Å². The van der Waals surface area contributed by atoms with Crippen LogP contribution in [0.5, 0.6) is 0 Å². The molecule has 1 aromatic rings. The van der Waals surface area contributed by atoms with Crippen LogP contribution in [-0.2, 0) is 4.79 Å². The Kier molecular flexibility index (Phi) is 4.56. The van der Waals surface area contributed by atoms with Gasteiger partial charge in [-0.3, -0.25) is 0 Å². The third-order valence-electron chi connectivity index (χ3n) is 3.68. The van der Waals surface area contributed by atoms with Gasteiger partial charge in [0.25, 0.3) is 0 Å². The van der Waals surface area contributed by atoms with E-state index in [2.05, 4.69) is 6.07 Å². The second-order valence-corrected chi connectivity index (χ2v) is 6.24. The van der Waals surface area contributed by atoms with E-state index in [1.807, 2.05) is 36.9 Å². The van der Waals surface area contributed by atoms with E-state index in [1.54, 1.807) is 11.8 Å². The van der Waals surface area contributed by atoms with Crippen molar-refractivity contribution < 1.29 is 9.90 Å². The average molecular weight is 290 g/mol. The van der Waals surface area contributed by atoms with Crippen LogP contribution in [0.15, 0.2) is 23.1 Å². The molecule has 0 bridgehead atoms. The topological polar surface area (TPSA) is 64.3 Å². The fraction of sp³-hybridized carbons (Fsp3) is 0.467. The zero-order valence-corrected chi connectivity index (χ0v) is 12.5. The summed E-state index contributed by atoms with van der Waals surface area (Å²) >= 11 is 1.61. The summed E-state index contributed by atoms with van der Waals surface area (Å²) in [5, 5.41) is 18.9. The van der Waals surface area contributed by atoms with E-state index in [9.17, 15) is 15.2 Å². The first kappa shape index (κ1) is 14.7. The van der Waals surface area contributed by atoms with Gasteiger partial charge >= 0.3 is 5.97 Å². The molecule has 1 saturated heterocycles. The third-order valence-corrected chi connectivity index (χ3v) is 4.62. The van der Waals surface area contributed by atoms with Crippen molar-refractivity contribution in [2.75, 3.05) is 17.2 Å². The molecule has 106 valence electrons. The van der Waals surface area contributed by atoms with E-state index in [1.165, 1.54) is 0 Å². The number of anilines is 1. The molecule has 0 spiro atoms. The molecule has 1 heterocycles. The number of carbonyl (C=O) groups is 1. The minimum Gasteiger partial charge on any atom is -0.480 e. The first-order chi connectivity index (χ1) is 9.60. The third kappa shape index (κ3) is 2.61. The molecule has 1 N–H and O–H groups in total. The molecule has 1 aliphatic heterocycles. The lowest BCUT2D eigenvalue weighted by Crippen LogP contribution is -2.39. The minimum atomic E-state index is -0.813. The number of rotatable bonds is 4. The minimum absolute atomic E-state index is 0.0986. The van der Waals surface area contributed by atoms with Crippen LogP contribution in [0, 0.1) is 17.2 Å². The molecule has 2 unspecified atom stereocenters. The van der Waals surface area contributed by atoms with E-state index >= 15 is 0 Å². The summed E-state index contributed by atoms with van der Waals surface area (Å²) in [7, 11) is 0. The maximum atomic E-state index is 11.5. The van der Waals surface area contributed by atoms with Gasteiger partial charge in [0.15, 0.2) is 0 Å². The molecule has 0 saturated carbocycles. The number of benzene rings is 1. The highest BCUT2D eigenvalue weighted by Gasteiger charge is 2.37. The van der Waals surface area contributed by atoms with Gasteiger partial charge in [-0.05, 0) is 30.2 Å². The summed E-state index contributed by atoms with van der Waals surface area (Å²) in [6.07, 6.45) is 0.840. The van der Waals surface area contributed by atoms with Crippen LogP contribution in [0.2, 0.25) is 0 Å². The molecule has 0 aliphatic carbocycles. The SMILES string of the molecule is CCSc1cccc(N2CCC(C)C2C(=O)O)c1C#N. The fourth-order valence-electron chi connectivity index (χ4n) is 2.74. The van der Waals surface area contributed by atoms with Gasteiger partial charge in [-0.25, -0.2) is 4.79 Å². The molecule has 2 atom stereocenters. The Morgan fingerprint density at radius 2 is 2.35 bits per heavy atom. The Hall–Kier alpha value is -1.67. The van der Waals surface area contributed by atoms with Crippen molar-refractivity contribution in [1.82, 2.24) is 0 Å². The van der Waals surface area contributed by atoms with E-state index in [4.69, 9.17) is 0 Å². The van der Waals surface area contributed by atoms with E-state index < -0.39 is 12.0 Å². The van der Waals surface area contributed by atoms with Gasteiger partial charge in [-0.1, -0.05) is 19.9 Å². The van der Waals surface area contributed by atoms with Crippen molar-refractivity contribution in [1.29, 1.82) is 5.26 Å². The molecule has 0 radical (unpaired) electrons. The largest absolute Gasteiger partial charge is 0.480 e. The van der Waals surface area contributed by atoms with Gasteiger partial charge in [0.2, 0.25) is 0 Å². The maximum Gasteiger partial charge on any atom is 0.326 e. The monoisotopic (exact) mass is 290 g/mol. The van der Waals surface area contributed by atoms with Crippen LogP contribution >= 0.6 is 11.8 Å². The molecule has 1 aliphatic rings. The second-order valence-electron chi connectivity index (χ2n) is 4.94. The van der Waals surface area contributed by atoms with Crippen molar-refractivity contribution in [3.8, 4) is 6.07 Å². The fourth-order valence-corrected chi connectivity index (χ4v) is 3.52. The zero-order valence-electron chi connectivity index (χ0n) is 11.7. The van der Waals surface area contributed by atoms with Crippen molar-refractivity contribution >= 4 is 23.4 Å². The number of carboxylic acids is 1. The summed E-state index contributed by atoms with van der Waals surface area (Å²) in [5.74, 6) is 0.172. The Morgan fingerprint density at radius 3 is 2.95 bits per heavy atom. The number of nitriles is 1. The molecule has 1 fully saturated rings. The number of thioether (sulfide) groups is 1. The quantitative estimate of drug-likeness (QED) is 0.864. The lowest BCUT2D eigenvalue weighted by Gasteiger charge is -2.27. The van der Waals surface area contributed by atoms with Crippen LogP contribution in [-0.4, -0.2) is 29.4 Å². The molecule has 1 aromatic carbocycles. The lowest BCUT2D eigenvalue weighted by atomic mass is 10.0. The van der Waals surface area contributed by atoms with E-state index in [0.717, 1.165) is 22.8 Å². The molecular formula is C15H18N2O2S. The van der Waals surface area contributed by atoms with Crippen molar-refractivity contribution in [2.24, 2.45) is 5.92 Å². The maximum absolute atomic E-state index is 11.5. The van der Waals surface area contributed by atoms with Crippen molar-refractivity contribution in [2.45, 2.75) is 31.2 Å². The van der Waals surface area contributed by atoms with Gasteiger partial charge in [0, 0.05) is 11.4 Å². The lowest BCUT2D eigenvalue weighted by molar-refractivity contribution is -0.139. The van der Waals surface area contributed by atoms with E-state index in [-0.39, 0.29) is 5.92 Å². The Labute approximate surface area is 123 Å². The van der Waals surface area contributed by atoms with Crippen LogP contribution in [0.25, 0.3) is 0 Å². The molecule has 2 rings (SSSR count). The van der Waals surface area contributed by atoms with Crippen LogP contribution in [0.4, 0.5) is 5.69 Å².